The number of hydrogen-bond acceptors (Lipinski definition) is 0. The molecule has 64 valence electrons. The molecule has 0 saturated carbocycles. The highest BCUT2D eigenvalue weighted by molar-refractivity contribution is 5.01. The van der Waals surface area contributed by atoms with Gasteiger partial charge in [0, 0.05) is 0 Å². The monoisotopic (exact) mass is 152 g/mol. The SMILES string of the molecule is CC/C=C/C=C/CCCCC. The Labute approximate surface area is 71.0 Å². The molecule has 0 aliphatic rings. The second-order valence-electron chi connectivity index (χ2n) is 2.76. The van der Waals surface area contributed by atoms with Crippen LogP contribution in [-0.4, -0.2) is 0 Å². The van der Waals surface area contributed by atoms with Gasteiger partial charge in [-0.2, -0.15) is 0 Å². The van der Waals surface area contributed by atoms with E-state index in [0.717, 1.165) is 6.42 Å². The highest BCUT2D eigenvalue weighted by Crippen LogP contribution is 1.99. The molecule has 0 aliphatic heterocycles. The molecule has 0 heteroatoms. The molecule has 0 fully saturated rings. The summed E-state index contributed by atoms with van der Waals surface area (Å²) in [4.78, 5) is 0. The molecule has 0 spiro atoms. The Morgan fingerprint density at radius 1 is 0.909 bits per heavy atom. The standard InChI is InChI=1S/C11H20/c1-3-5-7-9-11-10-8-6-4-2/h5,7,9,11H,3-4,6,8,10H2,1-2H3/b7-5+,11-9+. The molecule has 11 heavy (non-hydrogen) atoms. The quantitative estimate of drug-likeness (QED) is 0.397. The number of rotatable bonds is 6. The fourth-order valence-electron chi connectivity index (χ4n) is 0.902. The molecule has 0 atom stereocenters. The maximum Gasteiger partial charge on any atom is -0.0348 e. The Morgan fingerprint density at radius 3 is 2.27 bits per heavy atom. The minimum absolute atomic E-state index is 1.14. The highest BCUT2D eigenvalue weighted by Gasteiger charge is 1.79. The van der Waals surface area contributed by atoms with E-state index in [-0.39, 0.29) is 0 Å². The van der Waals surface area contributed by atoms with Crippen molar-refractivity contribution in [3.8, 4) is 0 Å². The van der Waals surface area contributed by atoms with Crippen molar-refractivity contribution in [2.45, 2.75) is 46.0 Å². The average Bonchev–Trinajstić information content (AvgIpc) is 2.03. The van der Waals surface area contributed by atoms with E-state index < -0.39 is 0 Å². The van der Waals surface area contributed by atoms with Crippen molar-refractivity contribution < 1.29 is 0 Å². The third-order valence-corrected chi connectivity index (χ3v) is 1.59. The molecule has 0 N–H and O–H groups in total. The van der Waals surface area contributed by atoms with Crippen LogP contribution in [0.5, 0.6) is 0 Å². The third-order valence-electron chi connectivity index (χ3n) is 1.59. The first-order chi connectivity index (χ1) is 5.41. The van der Waals surface area contributed by atoms with Crippen molar-refractivity contribution in [1.29, 1.82) is 0 Å². The van der Waals surface area contributed by atoms with Crippen LogP contribution < -0.4 is 0 Å². The second-order valence-corrected chi connectivity index (χ2v) is 2.76. The van der Waals surface area contributed by atoms with E-state index in [1.54, 1.807) is 0 Å². The predicted octanol–water partition coefficient (Wildman–Crippen LogP) is 4.09. The molecule has 0 unspecified atom stereocenters. The summed E-state index contributed by atoms with van der Waals surface area (Å²) < 4.78 is 0. The van der Waals surface area contributed by atoms with Crippen molar-refractivity contribution in [1.82, 2.24) is 0 Å². The molecule has 0 aromatic rings. The molecule has 0 aliphatic carbocycles. The van der Waals surface area contributed by atoms with Gasteiger partial charge in [-0.05, 0) is 19.3 Å². The van der Waals surface area contributed by atoms with Gasteiger partial charge in [-0.3, -0.25) is 0 Å². The van der Waals surface area contributed by atoms with Gasteiger partial charge in [-0.1, -0.05) is 51.0 Å². The number of hydrogen-bond donors (Lipinski definition) is 0. The van der Waals surface area contributed by atoms with Gasteiger partial charge in [0.2, 0.25) is 0 Å². The lowest BCUT2D eigenvalue weighted by Crippen LogP contribution is -1.69. The first kappa shape index (κ1) is 10.5. The van der Waals surface area contributed by atoms with Gasteiger partial charge in [0.25, 0.3) is 0 Å². The first-order valence-electron chi connectivity index (χ1n) is 4.73. The van der Waals surface area contributed by atoms with E-state index >= 15 is 0 Å². The molecule has 0 radical (unpaired) electrons. The molecular formula is C11H20. The van der Waals surface area contributed by atoms with Gasteiger partial charge in [-0.15, -0.1) is 0 Å². The summed E-state index contributed by atoms with van der Waals surface area (Å²) in [5, 5.41) is 0. The van der Waals surface area contributed by atoms with E-state index in [2.05, 4.69) is 38.2 Å². The van der Waals surface area contributed by atoms with Gasteiger partial charge < -0.3 is 0 Å². The van der Waals surface area contributed by atoms with Gasteiger partial charge in [0.1, 0.15) is 0 Å². The molecule has 0 saturated heterocycles. The summed E-state index contributed by atoms with van der Waals surface area (Å²) in [7, 11) is 0. The molecule has 0 amide bonds. The summed E-state index contributed by atoms with van der Waals surface area (Å²) in [5.41, 5.74) is 0. The Bertz CT molecular complexity index is 109. The van der Waals surface area contributed by atoms with E-state index in [4.69, 9.17) is 0 Å². The van der Waals surface area contributed by atoms with Crippen LogP contribution in [-0.2, 0) is 0 Å². The van der Waals surface area contributed by atoms with E-state index in [9.17, 15) is 0 Å². The lowest BCUT2D eigenvalue weighted by atomic mass is 10.2. The van der Waals surface area contributed by atoms with E-state index in [1.165, 1.54) is 25.7 Å². The molecule has 0 rings (SSSR count). The van der Waals surface area contributed by atoms with Crippen molar-refractivity contribution in [2.24, 2.45) is 0 Å². The Balaban J connectivity index is 3.09. The van der Waals surface area contributed by atoms with Crippen LogP contribution in [0.3, 0.4) is 0 Å². The fourth-order valence-corrected chi connectivity index (χ4v) is 0.902. The molecule has 0 nitrogen and oxygen atoms in total. The predicted molar refractivity (Wildman–Crippen MR) is 52.7 cm³/mol. The zero-order valence-corrected chi connectivity index (χ0v) is 7.84. The lowest BCUT2D eigenvalue weighted by molar-refractivity contribution is 0.729. The van der Waals surface area contributed by atoms with Crippen LogP contribution in [0.2, 0.25) is 0 Å². The van der Waals surface area contributed by atoms with E-state index in [1.807, 2.05) is 0 Å². The number of unbranched alkanes of at least 4 members (excludes halogenated alkanes) is 3. The molecule has 0 aromatic carbocycles. The molecule has 0 bridgehead atoms. The third kappa shape index (κ3) is 9.48. The maximum absolute atomic E-state index is 2.25. The van der Waals surface area contributed by atoms with Crippen LogP contribution in [0.4, 0.5) is 0 Å². The average molecular weight is 152 g/mol. The maximum atomic E-state index is 2.25. The van der Waals surface area contributed by atoms with Crippen molar-refractivity contribution in [3.05, 3.63) is 24.3 Å². The first-order valence-corrected chi connectivity index (χ1v) is 4.73. The molecule has 0 aromatic heterocycles. The van der Waals surface area contributed by atoms with Crippen LogP contribution in [0, 0.1) is 0 Å². The topological polar surface area (TPSA) is 0 Å². The summed E-state index contributed by atoms with van der Waals surface area (Å²) in [6.45, 7) is 4.39. The molecular weight excluding hydrogens is 132 g/mol. The Kier molecular flexibility index (Phi) is 9.03. The summed E-state index contributed by atoms with van der Waals surface area (Å²) >= 11 is 0. The minimum Gasteiger partial charge on any atom is -0.0848 e. The normalized spacial score (nSPS) is 11.8. The van der Waals surface area contributed by atoms with Crippen molar-refractivity contribution in [2.75, 3.05) is 0 Å². The van der Waals surface area contributed by atoms with E-state index in [0.29, 0.717) is 0 Å². The van der Waals surface area contributed by atoms with Crippen LogP contribution in [0.25, 0.3) is 0 Å². The summed E-state index contributed by atoms with van der Waals surface area (Å²) in [6, 6.07) is 0. The van der Waals surface area contributed by atoms with Gasteiger partial charge >= 0.3 is 0 Å². The summed E-state index contributed by atoms with van der Waals surface area (Å²) in [6.07, 6.45) is 15.1. The fraction of sp³-hybridized carbons (Fsp3) is 0.636. The minimum atomic E-state index is 1.14. The van der Waals surface area contributed by atoms with Crippen molar-refractivity contribution >= 4 is 0 Å². The smallest absolute Gasteiger partial charge is 0.0348 e. The van der Waals surface area contributed by atoms with Gasteiger partial charge in [0.05, 0.1) is 0 Å². The zero-order chi connectivity index (χ0) is 8.36. The van der Waals surface area contributed by atoms with Crippen LogP contribution >= 0.6 is 0 Å². The van der Waals surface area contributed by atoms with Crippen LogP contribution in [0.1, 0.15) is 46.0 Å². The summed E-state index contributed by atoms with van der Waals surface area (Å²) in [5.74, 6) is 0. The van der Waals surface area contributed by atoms with Gasteiger partial charge in [-0.25, -0.2) is 0 Å². The lowest BCUT2D eigenvalue weighted by Gasteiger charge is -1.89. The zero-order valence-electron chi connectivity index (χ0n) is 7.84. The van der Waals surface area contributed by atoms with Crippen molar-refractivity contribution in [3.63, 3.8) is 0 Å². The van der Waals surface area contributed by atoms with Crippen LogP contribution in [0.15, 0.2) is 24.3 Å². The largest absolute Gasteiger partial charge is 0.0848 e. The number of allylic oxidation sites excluding steroid dienone is 4. The molecule has 0 heterocycles. The Morgan fingerprint density at radius 2 is 1.64 bits per heavy atom. The highest BCUT2D eigenvalue weighted by atomic mass is 13.9. The Hall–Kier alpha value is -0.520. The van der Waals surface area contributed by atoms with Gasteiger partial charge in [0.15, 0.2) is 0 Å². The second kappa shape index (κ2) is 9.48.